The number of aromatic nitrogens is 1. The standard InChI is InChI=1S/C12H11NO4S/c14-12(15)10-1-2-11(17-10)18(16)8-5-9-3-6-13-7-4-9/h1-4,6-7H,5,8H2,(H,14,15). The number of hydrogen-bond donors (Lipinski definition) is 1. The van der Waals surface area contributed by atoms with Crippen molar-refractivity contribution in [2.75, 3.05) is 5.75 Å². The number of furan rings is 1. The summed E-state index contributed by atoms with van der Waals surface area (Å²) in [5.74, 6) is -0.967. The van der Waals surface area contributed by atoms with Crippen LogP contribution in [0.4, 0.5) is 0 Å². The van der Waals surface area contributed by atoms with E-state index in [1.165, 1.54) is 12.1 Å². The number of aryl methyl sites for hydroxylation is 1. The molecule has 2 rings (SSSR count). The molecule has 2 heterocycles. The number of carboxylic acid groups (broad SMARTS) is 1. The van der Waals surface area contributed by atoms with Crippen LogP contribution in [0.5, 0.6) is 0 Å². The first kappa shape index (κ1) is 12.5. The average molecular weight is 265 g/mol. The van der Waals surface area contributed by atoms with Crippen molar-refractivity contribution in [3.05, 3.63) is 48.0 Å². The molecule has 1 N–H and O–H groups in total. The second kappa shape index (κ2) is 5.59. The fourth-order valence-corrected chi connectivity index (χ4v) is 2.44. The van der Waals surface area contributed by atoms with E-state index in [1.54, 1.807) is 12.4 Å². The van der Waals surface area contributed by atoms with Gasteiger partial charge in [0.25, 0.3) is 0 Å². The highest BCUT2D eigenvalue weighted by Gasteiger charge is 2.13. The van der Waals surface area contributed by atoms with Gasteiger partial charge in [0.05, 0.1) is 10.8 Å². The summed E-state index contributed by atoms with van der Waals surface area (Å²) < 4.78 is 16.8. The van der Waals surface area contributed by atoms with Crippen LogP contribution in [0.1, 0.15) is 16.1 Å². The molecule has 5 nitrogen and oxygen atoms in total. The van der Waals surface area contributed by atoms with E-state index in [0.717, 1.165) is 5.56 Å². The third kappa shape index (κ3) is 3.04. The van der Waals surface area contributed by atoms with Gasteiger partial charge >= 0.3 is 5.97 Å². The van der Waals surface area contributed by atoms with E-state index in [0.29, 0.717) is 12.2 Å². The van der Waals surface area contributed by atoms with Crippen LogP contribution >= 0.6 is 0 Å². The third-order valence-corrected chi connectivity index (χ3v) is 3.59. The molecule has 0 aliphatic carbocycles. The SMILES string of the molecule is O=C(O)c1ccc(S(=O)CCc2ccncc2)o1. The number of aromatic carboxylic acids is 1. The van der Waals surface area contributed by atoms with Gasteiger partial charge in [-0.05, 0) is 36.2 Å². The smallest absolute Gasteiger partial charge is 0.371 e. The number of nitrogens with zero attached hydrogens (tertiary/aromatic N) is 1. The lowest BCUT2D eigenvalue weighted by atomic mass is 10.2. The van der Waals surface area contributed by atoms with Gasteiger partial charge in [-0.2, -0.15) is 0 Å². The van der Waals surface area contributed by atoms with E-state index < -0.39 is 16.8 Å². The van der Waals surface area contributed by atoms with Crippen LogP contribution in [0.2, 0.25) is 0 Å². The van der Waals surface area contributed by atoms with Gasteiger partial charge in [-0.25, -0.2) is 4.79 Å². The van der Waals surface area contributed by atoms with E-state index in [4.69, 9.17) is 9.52 Å². The summed E-state index contributed by atoms with van der Waals surface area (Å²) in [5, 5.41) is 8.88. The van der Waals surface area contributed by atoms with Crippen LogP contribution < -0.4 is 0 Å². The fraction of sp³-hybridized carbons (Fsp3) is 0.167. The van der Waals surface area contributed by atoms with Gasteiger partial charge in [-0.15, -0.1) is 0 Å². The van der Waals surface area contributed by atoms with Gasteiger partial charge in [-0.3, -0.25) is 9.19 Å². The Balaban J connectivity index is 1.97. The Morgan fingerprint density at radius 2 is 2.00 bits per heavy atom. The molecule has 18 heavy (non-hydrogen) atoms. The zero-order chi connectivity index (χ0) is 13.0. The highest BCUT2D eigenvalue weighted by molar-refractivity contribution is 7.84. The molecular weight excluding hydrogens is 254 g/mol. The molecular formula is C12H11NO4S. The van der Waals surface area contributed by atoms with Gasteiger partial charge < -0.3 is 9.52 Å². The van der Waals surface area contributed by atoms with Crippen LogP contribution in [0, 0.1) is 0 Å². The quantitative estimate of drug-likeness (QED) is 0.890. The van der Waals surface area contributed by atoms with Crippen molar-refractivity contribution in [3.8, 4) is 0 Å². The predicted octanol–water partition coefficient (Wildman–Crippen LogP) is 1.72. The van der Waals surface area contributed by atoms with Crippen LogP contribution in [0.25, 0.3) is 0 Å². The third-order valence-electron chi connectivity index (χ3n) is 2.34. The Morgan fingerprint density at radius 1 is 1.28 bits per heavy atom. The Bertz CT molecular complexity index is 564. The molecule has 94 valence electrons. The van der Waals surface area contributed by atoms with E-state index >= 15 is 0 Å². The summed E-state index contributed by atoms with van der Waals surface area (Å²) >= 11 is 0. The fourth-order valence-electron chi connectivity index (χ4n) is 1.42. The maximum Gasteiger partial charge on any atom is 0.371 e. The summed E-state index contributed by atoms with van der Waals surface area (Å²) in [6.07, 6.45) is 3.97. The maximum absolute atomic E-state index is 11.9. The van der Waals surface area contributed by atoms with Crippen molar-refractivity contribution in [3.63, 3.8) is 0 Å². The summed E-state index contributed by atoms with van der Waals surface area (Å²) in [5.41, 5.74) is 1.03. The van der Waals surface area contributed by atoms with E-state index in [9.17, 15) is 9.00 Å². The summed E-state index contributed by atoms with van der Waals surface area (Å²) in [4.78, 5) is 14.5. The lowest BCUT2D eigenvalue weighted by Gasteiger charge is -1.99. The summed E-state index contributed by atoms with van der Waals surface area (Å²) in [7, 11) is -1.33. The molecule has 0 aliphatic rings. The molecule has 0 spiro atoms. The Morgan fingerprint density at radius 3 is 2.61 bits per heavy atom. The van der Waals surface area contributed by atoms with Crippen LogP contribution in [0.15, 0.2) is 46.2 Å². The minimum atomic E-state index is -1.33. The van der Waals surface area contributed by atoms with Gasteiger partial charge in [-0.1, -0.05) is 0 Å². The van der Waals surface area contributed by atoms with Gasteiger partial charge in [0.15, 0.2) is 5.09 Å². The second-order valence-corrected chi connectivity index (χ2v) is 5.08. The molecule has 0 fully saturated rings. The number of carbonyl (C=O) groups is 1. The molecule has 2 aromatic heterocycles. The predicted molar refractivity (Wildman–Crippen MR) is 64.9 cm³/mol. The van der Waals surface area contributed by atoms with Crippen LogP contribution in [0.3, 0.4) is 0 Å². The number of rotatable bonds is 5. The average Bonchev–Trinajstić information content (AvgIpc) is 2.87. The largest absolute Gasteiger partial charge is 0.475 e. The molecule has 1 unspecified atom stereocenters. The summed E-state index contributed by atoms with van der Waals surface area (Å²) in [6, 6.07) is 6.44. The first-order valence-corrected chi connectivity index (χ1v) is 6.59. The van der Waals surface area contributed by atoms with E-state index in [1.807, 2.05) is 12.1 Å². The van der Waals surface area contributed by atoms with E-state index in [-0.39, 0.29) is 10.9 Å². The lowest BCUT2D eigenvalue weighted by Crippen LogP contribution is -2.01. The molecule has 0 bridgehead atoms. The zero-order valence-electron chi connectivity index (χ0n) is 9.41. The van der Waals surface area contributed by atoms with Crippen molar-refractivity contribution in [2.45, 2.75) is 11.5 Å². The first-order valence-electron chi connectivity index (χ1n) is 5.27. The normalized spacial score (nSPS) is 12.2. The summed E-state index contributed by atoms with van der Waals surface area (Å²) in [6.45, 7) is 0. The molecule has 2 aromatic rings. The number of pyridine rings is 1. The Kier molecular flexibility index (Phi) is 3.88. The van der Waals surface area contributed by atoms with Crippen molar-refractivity contribution in [1.82, 2.24) is 4.98 Å². The highest BCUT2D eigenvalue weighted by atomic mass is 32.2. The monoisotopic (exact) mass is 265 g/mol. The van der Waals surface area contributed by atoms with Gasteiger partial charge in [0.2, 0.25) is 5.76 Å². The minimum absolute atomic E-state index is 0.192. The first-order chi connectivity index (χ1) is 8.66. The molecule has 0 radical (unpaired) electrons. The molecule has 0 aromatic carbocycles. The highest BCUT2D eigenvalue weighted by Crippen LogP contribution is 2.13. The Hall–Kier alpha value is -1.95. The minimum Gasteiger partial charge on any atom is -0.475 e. The van der Waals surface area contributed by atoms with E-state index in [2.05, 4.69) is 4.98 Å². The zero-order valence-corrected chi connectivity index (χ0v) is 10.2. The van der Waals surface area contributed by atoms with Crippen LogP contribution in [-0.2, 0) is 17.2 Å². The number of hydrogen-bond acceptors (Lipinski definition) is 4. The molecule has 0 saturated carbocycles. The molecule has 0 amide bonds. The number of carboxylic acids is 1. The molecule has 1 atom stereocenters. The van der Waals surface area contributed by atoms with Crippen molar-refractivity contribution in [1.29, 1.82) is 0 Å². The van der Waals surface area contributed by atoms with Crippen molar-refractivity contribution >= 4 is 16.8 Å². The molecule has 6 heteroatoms. The maximum atomic E-state index is 11.9. The van der Waals surface area contributed by atoms with Crippen molar-refractivity contribution in [2.24, 2.45) is 0 Å². The van der Waals surface area contributed by atoms with Crippen LogP contribution in [-0.4, -0.2) is 26.0 Å². The van der Waals surface area contributed by atoms with Gasteiger partial charge in [0.1, 0.15) is 0 Å². The second-order valence-electron chi connectivity index (χ2n) is 3.58. The molecule has 0 aliphatic heterocycles. The Labute approximate surface area is 106 Å². The topological polar surface area (TPSA) is 80.4 Å². The van der Waals surface area contributed by atoms with Crippen molar-refractivity contribution < 1.29 is 18.5 Å². The lowest BCUT2D eigenvalue weighted by molar-refractivity contribution is 0.0656. The molecule has 0 saturated heterocycles. The van der Waals surface area contributed by atoms with Gasteiger partial charge in [0, 0.05) is 18.1 Å².